The molecule has 23 heavy (non-hydrogen) atoms. The van der Waals surface area contributed by atoms with Crippen molar-refractivity contribution < 1.29 is 9.13 Å². The molecule has 1 aliphatic rings. The summed E-state index contributed by atoms with van der Waals surface area (Å²) in [6.07, 6.45) is 1.89. The minimum Gasteiger partial charge on any atom is -0.378 e. The monoisotopic (exact) mass is 317 g/mol. The van der Waals surface area contributed by atoms with Crippen molar-refractivity contribution in [2.45, 2.75) is 38.8 Å². The van der Waals surface area contributed by atoms with Crippen molar-refractivity contribution >= 4 is 0 Å². The van der Waals surface area contributed by atoms with Crippen LogP contribution in [0.2, 0.25) is 0 Å². The predicted octanol–water partition coefficient (Wildman–Crippen LogP) is 3.42. The lowest BCUT2D eigenvalue weighted by Crippen LogP contribution is -2.39. The van der Waals surface area contributed by atoms with Crippen LogP contribution in [-0.4, -0.2) is 34.6 Å². The van der Waals surface area contributed by atoms with E-state index in [2.05, 4.69) is 35.6 Å². The van der Waals surface area contributed by atoms with E-state index in [4.69, 9.17) is 4.74 Å². The van der Waals surface area contributed by atoms with Gasteiger partial charge in [-0.15, -0.1) is 0 Å². The van der Waals surface area contributed by atoms with Gasteiger partial charge in [-0.2, -0.15) is 0 Å². The molecule has 1 aliphatic heterocycles. The molecular weight excluding hydrogens is 293 g/mol. The molecule has 0 saturated carbocycles. The number of hydrogen-bond donors (Lipinski definition) is 1. The van der Waals surface area contributed by atoms with Crippen molar-refractivity contribution in [2.24, 2.45) is 0 Å². The number of hydrogen-bond acceptors (Lipinski definition) is 3. The first-order chi connectivity index (χ1) is 10.9. The van der Waals surface area contributed by atoms with Gasteiger partial charge in [0.2, 0.25) is 0 Å². The second-order valence-electron chi connectivity index (χ2n) is 7.08. The minimum atomic E-state index is -0.160. The second-order valence-corrected chi connectivity index (χ2v) is 7.08. The van der Waals surface area contributed by atoms with Gasteiger partial charge in [-0.3, -0.25) is 4.90 Å². The Balaban J connectivity index is 1.82. The van der Waals surface area contributed by atoms with Crippen LogP contribution in [0.3, 0.4) is 0 Å². The zero-order valence-corrected chi connectivity index (χ0v) is 14.0. The summed E-state index contributed by atoms with van der Waals surface area (Å²) in [6, 6.07) is 6.97. The SMILES string of the molecule is CC(C)(C)c1cnc([C@@H]2COCCN2Cc2ccccc2F)[nH]1. The second kappa shape index (κ2) is 6.42. The number of nitrogens with zero attached hydrogens (tertiary/aromatic N) is 2. The Kier molecular flexibility index (Phi) is 4.50. The lowest BCUT2D eigenvalue weighted by atomic mass is 9.93. The number of H-pyrrole nitrogens is 1. The summed E-state index contributed by atoms with van der Waals surface area (Å²) < 4.78 is 19.6. The first-order valence-electron chi connectivity index (χ1n) is 8.06. The molecule has 0 bridgehead atoms. The van der Waals surface area contributed by atoms with Crippen LogP contribution in [0.5, 0.6) is 0 Å². The van der Waals surface area contributed by atoms with Gasteiger partial charge >= 0.3 is 0 Å². The first-order valence-corrected chi connectivity index (χ1v) is 8.06. The molecule has 5 heteroatoms. The van der Waals surface area contributed by atoms with Crippen LogP contribution < -0.4 is 0 Å². The average Bonchev–Trinajstić information content (AvgIpc) is 3.00. The molecule has 124 valence electrons. The van der Waals surface area contributed by atoms with E-state index in [1.165, 1.54) is 6.07 Å². The highest BCUT2D eigenvalue weighted by atomic mass is 19.1. The number of halogens is 1. The van der Waals surface area contributed by atoms with E-state index in [-0.39, 0.29) is 17.3 Å². The predicted molar refractivity (Wildman–Crippen MR) is 87.7 cm³/mol. The molecule has 0 aliphatic carbocycles. The Morgan fingerprint density at radius 3 is 2.83 bits per heavy atom. The summed E-state index contributed by atoms with van der Waals surface area (Å²) in [7, 11) is 0. The van der Waals surface area contributed by atoms with E-state index in [0.717, 1.165) is 18.1 Å². The molecule has 1 saturated heterocycles. The van der Waals surface area contributed by atoms with Crippen LogP contribution in [-0.2, 0) is 16.7 Å². The maximum atomic E-state index is 14.0. The fraction of sp³-hybridized carbons (Fsp3) is 0.500. The molecule has 1 aromatic heterocycles. The molecule has 0 spiro atoms. The summed E-state index contributed by atoms with van der Waals surface area (Å²) in [6.45, 7) is 9.02. The molecule has 0 amide bonds. The Bertz CT molecular complexity index is 662. The Labute approximate surface area is 136 Å². The third kappa shape index (κ3) is 3.62. The maximum absolute atomic E-state index is 14.0. The van der Waals surface area contributed by atoms with Gasteiger partial charge in [0.25, 0.3) is 0 Å². The van der Waals surface area contributed by atoms with Crippen LogP contribution in [0.25, 0.3) is 0 Å². The quantitative estimate of drug-likeness (QED) is 0.943. The molecular formula is C18H24FN3O. The normalized spacial score (nSPS) is 19.9. The topological polar surface area (TPSA) is 41.1 Å². The smallest absolute Gasteiger partial charge is 0.127 e. The Morgan fingerprint density at radius 2 is 2.13 bits per heavy atom. The molecule has 2 heterocycles. The third-order valence-electron chi connectivity index (χ3n) is 4.29. The number of rotatable bonds is 3. The molecule has 1 atom stereocenters. The molecule has 0 radical (unpaired) electrons. The van der Waals surface area contributed by atoms with Gasteiger partial charge in [-0.1, -0.05) is 39.0 Å². The summed E-state index contributed by atoms with van der Waals surface area (Å²) in [4.78, 5) is 10.2. The van der Waals surface area contributed by atoms with Gasteiger partial charge in [0.15, 0.2) is 0 Å². The van der Waals surface area contributed by atoms with Crippen molar-refractivity contribution in [3.63, 3.8) is 0 Å². The number of aromatic nitrogens is 2. The summed E-state index contributed by atoms with van der Waals surface area (Å²) in [5, 5.41) is 0. The van der Waals surface area contributed by atoms with Gasteiger partial charge in [0, 0.05) is 36.0 Å². The molecule has 1 aromatic carbocycles. The van der Waals surface area contributed by atoms with Crippen LogP contribution in [0, 0.1) is 5.82 Å². The first kappa shape index (κ1) is 16.1. The molecule has 4 nitrogen and oxygen atoms in total. The molecule has 3 rings (SSSR count). The summed E-state index contributed by atoms with van der Waals surface area (Å²) in [5.74, 6) is 0.735. The van der Waals surface area contributed by atoms with Crippen molar-refractivity contribution in [1.29, 1.82) is 0 Å². The Morgan fingerprint density at radius 1 is 1.35 bits per heavy atom. The van der Waals surface area contributed by atoms with Crippen LogP contribution in [0.1, 0.15) is 43.9 Å². The molecule has 1 N–H and O–H groups in total. The van der Waals surface area contributed by atoms with E-state index in [9.17, 15) is 4.39 Å². The summed E-state index contributed by atoms with van der Waals surface area (Å²) in [5.41, 5.74) is 1.84. The van der Waals surface area contributed by atoms with E-state index in [1.807, 2.05) is 18.3 Å². The summed E-state index contributed by atoms with van der Waals surface area (Å²) >= 11 is 0. The van der Waals surface area contributed by atoms with Crippen molar-refractivity contribution in [1.82, 2.24) is 14.9 Å². The van der Waals surface area contributed by atoms with Crippen LogP contribution >= 0.6 is 0 Å². The highest BCUT2D eigenvalue weighted by Crippen LogP contribution is 2.27. The standard InChI is InChI=1S/C18H24FN3O/c1-18(2,3)16-10-20-17(21-16)15-12-23-9-8-22(15)11-13-6-4-5-7-14(13)19/h4-7,10,15H,8-9,11-12H2,1-3H3,(H,20,21)/t15-/m0/s1. The molecule has 2 aromatic rings. The fourth-order valence-electron chi connectivity index (χ4n) is 2.81. The van der Waals surface area contributed by atoms with Crippen molar-refractivity contribution in [3.8, 4) is 0 Å². The number of imidazole rings is 1. The van der Waals surface area contributed by atoms with E-state index < -0.39 is 0 Å². The van der Waals surface area contributed by atoms with Gasteiger partial charge in [-0.05, 0) is 6.07 Å². The van der Waals surface area contributed by atoms with Crippen molar-refractivity contribution in [3.05, 3.63) is 53.4 Å². The fourth-order valence-corrected chi connectivity index (χ4v) is 2.81. The number of aromatic amines is 1. The average molecular weight is 317 g/mol. The van der Waals surface area contributed by atoms with E-state index in [1.54, 1.807) is 6.07 Å². The van der Waals surface area contributed by atoms with E-state index in [0.29, 0.717) is 25.3 Å². The maximum Gasteiger partial charge on any atom is 0.127 e. The number of benzene rings is 1. The zero-order valence-electron chi connectivity index (χ0n) is 14.0. The minimum absolute atomic E-state index is 0.0249. The lowest BCUT2D eigenvalue weighted by molar-refractivity contribution is -0.0161. The highest BCUT2D eigenvalue weighted by Gasteiger charge is 2.28. The number of morpholine rings is 1. The van der Waals surface area contributed by atoms with Gasteiger partial charge in [0.05, 0.1) is 19.3 Å². The Hall–Kier alpha value is -1.72. The van der Waals surface area contributed by atoms with Crippen molar-refractivity contribution in [2.75, 3.05) is 19.8 Å². The van der Waals surface area contributed by atoms with Gasteiger partial charge < -0.3 is 9.72 Å². The molecule has 0 unspecified atom stereocenters. The highest BCUT2D eigenvalue weighted by molar-refractivity contribution is 5.18. The van der Waals surface area contributed by atoms with Crippen LogP contribution in [0.15, 0.2) is 30.5 Å². The van der Waals surface area contributed by atoms with Gasteiger partial charge in [-0.25, -0.2) is 9.37 Å². The zero-order chi connectivity index (χ0) is 16.4. The largest absolute Gasteiger partial charge is 0.378 e. The number of ether oxygens (including phenoxy) is 1. The molecule has 1 fully saturated rings. The van der Waals surface area contributed by atoms with Gasteiger partial charge in [0.1, 0.15) is 11.6 Å². The third-order valence-corrected chi connectivity index (χ3v) is 4.29. The lowest BCUT2D eigenvalue weighted by Gasteiger charge is -2.34. The number of nitrogens with one attached hydrogen (secondary N) is 1. The van der Waals surface area contributed by atoms with E-state index >= 15 is 0 Å². The van der Waals surface area contributed by atoms with Crippen LogP contribution in [0.4, 0.5) is 4.39 Å².